The third-order valence-corrected chi connectivity index (χ3v) is 2.66. The van der Waals surface area contributed by atoms with Crippen LogP contribution in [0.5, 0.6) is 0 Å². The summed E-state index contributed by atoms with van der Waals surface area (Å²) in [5.41, 5.74) is 0. The van der Waals surface area contributed by atoms with Gasteiger partial charge in [-0.25, -0.2) is 14.9 Å². The Kier molecular flexibility index (Phi) is 5.28. The molecule has 0 saturated heterocycles. The van der Waals surface area contributed by atoms with Crippen LogP contribution in [0.3, 0.4) is 0 Å². The molecule has 0 aliphatic heterocycles. The molecule has 6 nitrogen and oxygen atoms in total. The summed E-state index contributed by atoms with van der Waals surface area (Å²) in [4.78, 5) is 22.6. The SMILES string of the molecule is CCOC(=O)CN(Sc1ccccc1)[N+](=O)[O-]. The van der Waals surface area contributed by atoms with E-state index in [2.05, 4.69) is 4.74 Å². The molecule has 0 atom stereocenters. The fourth-order valence-electron chi connectivity index (χ4n) is 1.04. The van der Waals surface area contributed by atoms with Gasteiger partial charge in [-0.05, 0) is 19.1 Å². The Bertz CT molecular complexity index is 385. The van der Waals surface area contributed by atoms with E-state index < -0.39 is 11.0 Å². The monoisotopic (exact) mass is 256 g/mol. The molecule has 0 aromatic heterocycles. The number of carbonyl (C=O) groups excluding carboxylic acids is 1. The number of nitrogens with zero attached hydrogens (tertiary/aromatic N) is 2. The van der Waals surface area contributed by atoms with E-state index in [1.165, 1.54) is 0 Å². The van der Waals surface area contributed by atoms with Gasteiger partial charge in [-0.3, -0.25) is 0 Å². The Balaban J connectivity index is 2.61. The number of nitro groups is 1. The maximum atomic E-state index is 11.2. The Morgan fingerprint density at radius 1 is 1.47 bits per heavy atom. The van der Waals surface area contributed by atoms with Crippen LogP contribution >= 0.6 is 11.9 Å². The largest absolute Gasteiger partial charge is 0.464 e. The van der Waals surface area contributed by atoms with Gasteiger partial charge in [0.1, 0.15) is 0 Å². The highest BCUT2D eigenvalue weighted by Crippen LogP contribution is 2.21. The molecule has 7 heteroatoms. The molecular weight excluding hydrogens is 244 g/mol. The second-order valence-corrected chi connectivity index (χ2v) is 4.03. The summed E-state index contributed by atoms with van der Waals surface area (Å²) in [5, 5.41) is 10.1. The van der Waals surface area contributed by atoms with Gasteiger partial charge in [-0.15, -0.1) is 0 Å². The smallest absolute Gasteiger partial charge is 0.332 e. The number of carbonyl (C=O) groups is 1. The number of esters is 1. The fourth-order valence-corrected chi connectivity index (χ4v) is 1.80. The van der Waals surface area contributed by atoms with E-state index >= 15 is 0 Å². The zero-order valence-corrected chi connectivity index (χ0v) is 10.1. The second-order valence-electron chi connectivity index (χ2n) is 2.96. The molecule has 0 spiro atoms. The van der Waals surface area contributed by atoms with Gasteiger partial charge < -0.3 is 4.74 Å². The van der Waals surface area contributed by atoms with Crippen LogP contribution in [0.4, 0.5) is 0 Å². The number of hydrazine groups is 1. The van der Waals surface area contributed by atoms with Crippen molar-refractivity contribution >= 4 is 17.9 Å². The highest BCUT2D eigenvalue weighted by molar-refractivity contribution is 7.96. The molecule has 1 rings (SSSR count). The molecule has 1 aromatic carbocycles. The lowest BCUT2D eigenvalue weighted by molar-refractivity contribution is -0.614. The maximum absolute atomic E-state index is 11.2. The molecule has 0 fully saturated rings. The van der Waals surface area contributed by atoms with Gasteiger partial charge in [0, 0.05) is 4.90 Å². The molecule has 0 bridgehead atoms. The van der Waals surface area contributed by atoms with E-state index in [1.807, 2.05) is 6.07 Å². The minimum Gasteiger partial charge on any atom is -0.464 e. The number of hydrogen-bond donors (Lipinski definition) is 0. The Hall–Kier alpha value is -1.76. The first-order valence-electron chi connectivity index (χ1n) is 4.94. The van der Waals surface area contributed by atoms with Crippen LogP contribution in [0, 0.1) is 10.1 Å². The zero-order chi connectivity index (χ0) is 12.7. The molecule has 0 aliphatic carbocycles. The molecule has 0 N–H and O–H groups in total. The van der Waals surface area contributed by atoms with Crippen LogP contribution in [-0.4, -0.2) is 28.6 Å². The van der Waals surface area contributed by atoms with Crippen molar-refractivity contribution in [1.82, 2.24) is 4.41 Å². The zero-order valence-electron chi connectivity index (χ0n) is 9.24. The number of ether oxygens (including phenoxy) is 1. The van der Waals surface area contributed by atoms with Gasteiger partial charge in [-0.2, -0.15) is 0 Å². The van der Waals surface area contributed by atoms with Crippen molar-refractivity contribution < 1.29 is 14.6 Å². The highest BCUT2D eigenvalue weighted by atomic mass is 32.2. The van der Waals surface area contributed by atoms with Crippen LogP contribution in [0.2, 0.25) is 0 Å². The highest BCUT2D eigenvalue weighted by Gasteiger charge is 2.21. The lowest BCUT2D eigenvalue weighted by Crippen LogP contribution is -2.30. The number of rotatable bonds is 6. The van der Waals surface area contributed by atoms with Crippen molar-refractivity contribution in [3.8, 4) is 0 Å². The quantitative estimate of drug-likeness (QED) is 0.334. The van der Waals surface area contributed by atoms with Crippen molar-refractivity contribution in [3.63, 3.8) is 0 Å². The molecule has 0 aliphatic rings. The van der Waals surface area contributed by atoms with Crippen molar-refractivity contribution in [2.45, 2.75) is 11.8 Å². The lowest BCUT2D eigenvalue weighted by atomic mass is 10.4. The van der Waals surface area contributed by atoms with Crippen LogP contribution in [-0.2, 0) is 9.53 Å². The summed E-state index contributed by atoms with van der Waals surface area (Å²) in [6, 6.07) is 8.81. The summed E-state index contributed by atoms with van der Waals surface area (Å²) >= 11 is 0.884. The molecule has 0 amide bonds. The Labute approximate surface area is 103 Å². The molecular formula is C10H12N2O4S. The van der Waals surface area contributed by atoms with Gasteiger partial charge in [0.2, 0.25) is 0 Å². The molecule has 0 radical (unpaired) electrons. The summed E-state index contributed by atoms with van der Waals surface area (Å²) in [5.74, 6) is -0.618. The van der Waals surface area contributed by atoms with E-state index in [9.17, 15) is 14.9 Å². The number of hydrogen-bond acceptors (Lipinski definition) is 5. The van der Waals surface area contributed by atoms with Crippen LogP contribution in [0.25, 0.3) is 0 Å². The standard InChI is InChI=1S/C10H12N2O4S/c1-2-16-10(13)8-11(12(14)15)17-9-6-4-3-5-7-9/h3-7H,2,8H2,1H3. The molecule has 92 valence electrons. The van der Waals surface area contributed by atoms with Crippen molar-refractivity contribution in [1.29, 1.82) is 0 Å². The summed E-state index contributed by atoms with van der Waals surface area (Å²) in [6.07, 6.45) is 0. The number of benzene rings is 1. The average molecular weight is 256 g/mol. The third-order valence-electron chi connectivity index (χ3n) is 1.71. The van der Waals surface area contributed by atoms with E-state index in [0.29, 0.717) is 4.90 Å². The predicted molar refractivity (Wildman–Crippen MR) is 62.6 cm³/mol. The maximum Gasteiger partial charge on any atom is 0.332 e. The first kappa shape index (κ1) is 13.3. The normalized spacial score (nSPS) is 9.71. The molecule has 0 saturated carbocycles. The van der Waals surface area contributed by atoms with E-state index in [-0.39, 0.29) is 13.2 Å². The summed E-state index contributed by atoms with van der Waals surface area (Å²) in [7, 11) is 0. The minimum absolute atomic E-state index is 0.209. The van der Waals surface area contributed by atoms with Gasteiger partial charge in [0.25, 0.3) is 0 Å². The summed E-state index contributed by atoms with van der Waals surface area (Å²) in [6.45, 7) is 1.47. The molecule has 0 heterocycles. The summed E-state index contributed by atoms with van der Waals surface area (Å²) < 4.78 is 5.41. The van der Waals surface area contributed by atoms with Gasteiger partial charge in [0.05, 0.1) is 18.6 Å². The lowest BCUT2D eigenvalue weighted by Gasteiger charge is -2.11. The molecule has 0 unspecified atom stereocenters. The van der Waals surface area contributed by atoms with Crippen molar-refractivity contribution in [3.05, 3.63) is 40.4 Å². The van der Waals surface area contributed by atoms with Crippen LogP contribution < -0.4 is 0 Å². The third kappa shape index (κ3) is 4.73. The average Bonchev–Trinajstić information content (AvgIpc) is 2.29. The van der Waals surface area contributed by atoms with Crippen LogP contribution in [0.15, 0.2) is 35.2 Å². The van der Waals surface area contributed by atoms with Crippen LogP contribution in [0.1, 0.15) is 6.92 Å². The second kappa shape index (κ2) is 6.74. The Morgan fingerprint density at radius 3 is 2.65 bits per heavy atom. The first-order valence-corrected chi connectivity index (χ1v) is 5.71. The topological polar surface area (TPSA) is 72.7 Å². The van der Waals surface area contributed by atoms with Crippen molar-refractivity contribution in [2.75, 3.05) is 13.2 Å². The van der Waals surface area contributed by atoms with Crippen molar-refractivity contribution in [2.24, 2.45) is 0 Å². The predicted octanol–water partition coefficient (Wildman–Crippen LogP) is 1.75. The molecule has 1 aromatic rings. The van der Waals surface area contributed by atoms with E-state index in [1.54, 1.807) is 31.2 Å². The van der Waals surface area contributed by atoms with E-state index in [4.69, 9.17) is 0 Å². The van der Waals surface area contributed by atoms with Gasteiger partial charge in [0.15, 0.2) is 11.6 Å². The fraction of sp³-hybridized carbons (Fsp3) is 0.300. The van der Waals surface area contributed by atoms with Gasteiger partial charge >= 0.3 is 5.97 Å². The molecule has 17 heavy (non-hydrogen) atoms. The van der Waals surface area contributed by atoms with Gasteiger partial charge in [-0.1, -0.05) is 22.6 Å². The minimum atomic E-state index is -0.630. The Morgan fingerprint density at radius 2 is 2.12 bits per heavy atom. The van der Waals surface area contributed by atoms with E-state index in [0.717, 1.165) is 16.4 Å². The first-order chi connectivity index (χ1) is 8.13.